The van der Waals surface area contributed by atoms with E-state index in [9.17, 15) is 4.79 Å². The van der Waals surface area contributed by atoms with Gasteiger partial charge in [0.2, 0.25) is 0 Å². The molecule has 0 amide bonds. The minimum Gasteiger partial charge on any atom is -0.378 e. The van der Waals surface area contributed by atoms with Gasteiger partial charge in [-0.05, 0) is 29.8 Å². The van der Waals surface area contributed by atoms with E-state index in [0.29, 0.717) is 18.9 Å². The number of H-pyrrole nitrogens is 1. The first-order valence-electron chi connectivity index (χ1n) is 6.90. The van der Waals surface area contributed by atoms with Gasteiger partial charge in [0.15, 0.2) is 0 Å². The summed E-state index contributed by atoms with van der Waals surface area (Å²) < 4.78 is 2.46. The molecule has 0 fully saturated rings. The Morgan fingerprint density at radius 1 is 1.09 bits per heavy atom. The Kier molecular flexibility index (Phi) is 4.39. The normalized spacial score (nSPS) is 10.6. The highest BCUT2D eigenvalue weighted by Gasteiger charge is 2.05. The molecule has 1 heterocycles. The minimum absolute atomic E-state index is 0.198. The van der Waals surface area contributed by atoms with Crippen LogP contribution in [0.3, 0.4) is 0 Å². The summed E-state index contributed by atoms with van der Waals surface area (Å²) in [6.45, 7) is 0.938. The number of rotatable bonds is 5. The molecule has 0 aliphatic carbocycles. The smallest absolute Gasteiger partial charge is 0.343 e. The molecule has 6 heteroatoms. The molecule has 22 heavy (non-hydrogen) atoms. The zero-order valence-electron chi connectivity index (χ0n) is 11.8. The highest BCUT2D eigenvalue weighted by Crippen LogP contribution is 2.14. The van der Waals surface area contributed by atoms with E-state index < -0.39 is 0 Å². The van der Waals surface area contributed by atoms with Crippen molar-refractivity contribution in [2.45, 2.75) is 13.1 Å². The summed E-state index contributed by atoms with van der Waals surface area (Å²) >= 11 is 3.39. The van der Waals surface area contributed by atoms with Gasteiger partial charge < -0.3 is 5.32 Å². The monoisotopic (exact) mass is 358 g/mol. The maximum absolute atomic E-state index is 11.9. The fourth-order valence-electron chi connectivity index (χ4n) is 2.10. The first-order valence-corrected chi connectivity index (χ1v) is 7.69. The predicted octanol–water partition coefficient (Wildman–Crippen LogP) is 2.99. The molecular formula is C16H15BrN4O. The number of nitrogens with zero attached hydrogens (tertiary/aromatic N) is 2. The number of hydrogen-bond acceptors (Lipinski definition) is 3. The highest BCUT2D eigenvalue weighted by molar-refractivity contribution is 9.10. The van der Waals surface area contributed by atoms with E-state index in [1.807, 2.05) is 54.6 Å². The van der Waals surface area contributed by atoms with Crippen LogP contribution in [0.2, 0.25) is 0 Å². The van der Waals surface area contributed by atoms with Gasteiger partial charge in [0.1, 0.15) is 5.82 Å². The standard InChI is InChI=1S/C16H15BrN4O/c17-13-6-8-14(9-7-13)18-10-15-19-16(22)21(20-15)11-12-4-2-1-3-5-12/h1-9,18H,10-11H2,(H,19,20,22). The van der Waals surface area contributed by atoms with Crippen molar-refractivity contribution >= 4 is 21.6 Å². The van der Waals surface area contributed by atoms with Gasteiger partial charge in [0.05, 0.1) is 13.1 Å². The second-order valence-corrected chi connectivity index (χ2v) is 5.80. The van der Waals surface area contributed by atoms with Crippen LogP contribution in [0, 0.1) is 0 Å². The summed E-state index contributed by atoms with van der Waals surface area (Å²) in [5, 5.41) is 7.54. The van der Waals surface area contributed by atoms with Crippen molar-refractivity contribution in [1.29, 1.82) is 0 Å². The Hall–Kier alpha value is -2.34. The average Bonchev–Trinajstić information content (AvgIpc) is 2.88. The van der Waals surface area contributed by atoms with Gasteiger partial charge in [-0.2, -0.15) is 5.10 Å². The van der Waals surface area contributed by atoms with Crippen LogP contribution in [0.25, 0.3) is 0 Å². The van der Waals surface area contributed by atoms with E-state index in [1.165, 1.54) is 4.68 Å². The number of hydrogen-bond donors (Lipinski definition) is 2. The van der Waals surface area contributed by atoms with Gasteiger partial charge in [-0.25, -0.2) is 9.48 Å². The molecule has 3 rings (SSSR count). The van der Waals surface area contributed by atoms with Crippen LogP contribution in [0.4, 0.5) is 5.69 Å². The van der Waals surface area contributed by atoms with E-state index in [4.69, 9.17) is 0 Å². The lowest BCUT2D eigenvalue weighted by atomic mass is 10.2. The maximum Gasteiger partial charge on any atom is 0.343 e. The molecule has 1 aromatic heterocycles. The molecule has 2 N–H and O–H groups in total. The van der Waals surface area contributed by atoms with Crippen LogP contribution in [-0.2, 0) is 13.1 Å². The largest absolute Gasteiger partial charge is 0.378 e. The molecule has 0 aliphatic rings. The van der Waals surface area contributed by atoms with Crippen molar-refractivity contribution in [2.75, 3.05) is 5.32 Å². The van der Waals surface area contributed by atoms with Crippen molar-refractivity contribution in [2.24, 2.45) is 0 Å². The topological polar surface area (TPSA) is 62.7 Å². The van der Waals surface area contributed by atoms with Gasteiger partial charge in [0, 0.05) is 10.2 Å². The fraction of sp³-hybridized carbons (Fsp3) is 0.125. The van der Waals surface area contributed by atoms with Gasteiger partial charge in [-0.15, -0.1) is 0 Å². The molecule has 0 unspecified atom stereocenters. The maximum atomic E-state index is 11.9. The van der Waals surface area contributed by atoms with Crippen LogP contribution in [-0.4, -0.2) is 14.8 Å². The van der Waals surface area contributed by atoms with Crippen LogP contribution in [0.1, 0.15) is 11.4 Å². The summed E-state index contributed by atoms with van der Waals surface area (Å²) in [5.74, 6) is 0.615. The zero-order chi connectivity index (χ0) is 15.4. The second-order valence-electron chi connectivity index (χ2n) is 4.88. The molecule has 0 radical (unpaired) electrons. The predicted molar refractivity (Wildman–Crippen MR) is 89.9 cm³/mol. The summed E-state index contributed by atoms with van der Waals surface area (Å²) in [5.41, 5.74) is 1.82. The third kappa shape index (κ3) is 3.65. The molecule has 0 aliphatic heterocycles. The molecule has 0 spiro atoms. The molecule has 0 bridgehead atoms. The Labute approximate surface area is 136 Å². The van der Waals surface area contributed by atoms with Crippen LogP contribution >= 0.6 is 15.9 Å². The van der Waals surface area contributed by atoms with E-state index in [0.717, 1.165) is 15.7 Å². The Morgan fingerprint density at radius 3 is 2.55 bits per heavy atom. The SMILES string of the molecule is O=c1[nH]c(CNc2ccc(Br)cc2)nn1Cc1ccccc1. The lowest BCUT2D eigenvalue weighted by molar-refractivity contribution is 0.651. The van der Waals surface area contributed by atoms with Crippen molar-refractivity contribution in [3.8, 4) is 0 Å². The van der Waals surface area contributed by atoms with Crippen molar-refractivity contribution in [1.82, 2.24) is 14.8 Å². The molecule has 2 aromatic carbocycles. The van der Waals surface area contributed by atoms with Gasteiger partial charge >= 0.3 is 5.69 Å². The molecule has 112 valence electrons. The van der Waals surface area contributed by atoms with E-state index >= 15 is 0 Å². The van der Waals surface area contributed by atoms with Crippen LogP contribution in [0.15, 0.2) is 63.9 Å². The number of halogens is 1. The molecule has 5 nitrogen and oxygen atoms in total. The third-order valence-corrected chi connectivity index (χ3v) is 3.74. The Balaban J connectivity index is 1.67. The average molecular weight is 359 g/mol. The van der Waals surface area contributed by atoms with Crippen molar-refractivity contribution in [3.05, 3.63) is 80.9 Å². The number of anilines is 1. The van der Waals surface area contributed by atoms with Gasteiger partial charge in [0.25, 0.3) is 0 Å². The summed E-state index contributed by atoms with van der Waals surface area (Å²) in [6, 6.07) is 17.6. The van der Waals surface area contributed by atoms with E-state index in [2.05, 4.69) is 31.3 Å². The fourth-order valence-corrected chi connectivity index (χ4v) is 2.37. The minimum atomic E-state index is -0.198. The lowest BCUT2D eigenvalue weighted by Gasteiger charge is -2.03. The molecule has 3 aromatic rings. The van der Waals surface area contributed by atoms with Crippen LogP contribution in [0.5, 0.6) is 0 Å². The van der Waals surface area contributed by atoms with Gasteiger partial charge in [-0.3, -0.25) is 4.98 Å². The number of aromatic nitrogens is 3. The lowest BCUT2D eigenvalue weighted by Crippen LogP contribution is -2.18. The summed E-state index contributed by atoms with van der Waals surface area (Å²) in [6.07, 6.45) is 0. The number of nitrogens with one attached hydrogen (secondary N) is 2. The van der Waals surface area contributed by atoms with E-state index in [1.54, 1.807) is 0 Å². The first kappa shape index (κ1) is 14.6. The Morgan fingerprint density at radius 2 is 1.82 bits per heavy atom. The molecule has 0 saturated heterocycles. The summed E-state index contributed by atoms with van der Waals surface area (Å²) in [4.78, 5) is 14.7. The van der Waals surface area contributed by atoms with Gasteiger partial charge in [-0.1, -0.05) is 46.3 Å². The first-order chi connectivity index (χ1) is 10.7. The molecular weight excluding hydrogens is 344 g/mol. The van der Waals surface area contributed by atoms with Crippen LogP contribution < -0.4 is 11.0 Å². The number of aromatic amines is 1. The zero-order valence-corrected chi connectivity index (χ0v) is 13.4. The molecule has 0 atom stereocenters. The summed E-state index contributed by atoms with van der Waals surface area (Å²) in [7, 11) is 0. The molecule has 0 saturated carbocycles. The van der Waals surface area contributed by atoms with E-state index in [-0.39, 0.29) is 5.69 Å². The highest BCUT2D eigenvalue weighted by atomic mass is 79.9. The number of benzene rings is 2. The van der Waals surface area contributed by atoms with Crippen molar-refractivity contribution in [3.63, 3.8) is 0 Å². The Bertz CT molecular complexity index is 793. The quantitative estimate of drug-likeness (QED) is 0.736. The van der Waals surface area contributed by atoms with Crippen molar-refractivity contribution < 1.29 is 0 Å². The second kappa shape index (κ2) is 6.62. The third-order valence-electron chi connectivity index (χ3n) is 3.21.